The van der Waals surface area contributed by atoms with E-state index in [1.807, 2.05) is 0 Å². The lowest BCUT2D eigenvalue weighted by molar-refractivity contribution is 0.569. The number of H-pyrrole nitrogens is 1. The molecular weight excluding hydrogens is 240 g/mol. The summed E-state index contributed by atoms with van der Waals surface area (Å²) in [5, 5.41) is 0. The minimum atomic E-state index is 0.296. The van der Waals surface area contributed by atoms with Crippen LogP contribution in [0.2, 0.25) is 0 Å². The van der Waals surface area contributed by atoms with Crippen LogP contribution in [0.5, 0.6) is 0 Å². The first-order chi connectivity index (χ1) is 9.15. The quantitative estimate of drug-likeness (QED) is 0.858. The summed E-state index contributed by atoms with van der Waals surface area (Å²) in [6.07, 6.45) is 5.26. The summed E-state index contributed by atoms with van der Waals surface area (Å²) in [4.78, 5) is 18.3. The SMILES string of the molecule is CC(C)CCN(c1nc(N)nc2nc[nH]c12)C1CC1. The van der Waals surface area contributed by atoms with Gasteiger partial charge in [-0.05, 0) is 25.2 Å². The van der Waals surface area contributed by atoms with E-state index in [2.05, 4.69) is 38.7 Å². The summed E-state index contributed by atoms with van der Waals surface area (Å²) in [5.74, 6) is 1.88. The van der Waals surface area contributed by atoms with Gasteiger partial charge in [0.2, 0.25) is 5.95 Å². The monoisotopic (exact) mass is 260 g/mol. The van der Waals surface area contributed by atoms with Gasteiger partial charge in [-0.2, -0.15) is 9.97 Å². The zero-order chi connectivity index (χ0) is 13.4. The maximum absolute atomic E-state index is 5.80. The van der Waals surface area contributed by atoms with Gasteiger partial charge in [-0.1, -0.05) is 13.8 Å². The maximum atomic E-state index is 5.80. The Morgan fingerprint density at radius 1 is 1.42 bits per heavy atom. The molecule has 1 saturated carbocycles. The molecule has 0 saturated heterocycles. The number of nitrogens with zero attached hydrogens (tertiary/aromatic N) is 4. The molecule has 6 heteroatoms. The highest BCUT2D eigenvalue weighted by Gasteiger charge is 2.31. The van der Waals surface area contributed by atoms with Crippen molar-refractivity contribution in [2.45, 2.75) is 39.2 Å². The number of nitrogens with one attached hydrogen (secondary N) is 1. The topological polar surface area (TPSA) is 83.7 Å². The van der Waals surface area contributed by atoms with Crippen LogP contribution in [0.1, 0.15) is 33.1 Å². The van der Waals surface area contributed by atoms with Crippen LogP contribution in [0.15, 0.2) is 6.33 Å². The lowest BCUT2D eigenvalue weighted by atomic mass is 10.1. The molecule has 3 rings (SSSR count). The van der Waals surface area contributed by atoms with Gasteiger partial charge in [-0.25, -0.2) is 4.98 Å². The summed E-state index contributed by atoms with van der Waals surface area (Å²) in [7, 11) is 0. The molecule has 1 aliphatic rings. The van der Waals surface area contributed by atoms with E-state index < -0.39 is 0 Å². The van der Waals surface area contributed by atoms with E-state index in [-0.39, 0.29) is 0 Å². The number of nitrogen functional groups attached to an aromatic ring is 1. The third-order valence-electron chi connectivity index (χ3n) is 3.49. The first kappa shape index (κ1) is 12.2. The lowest BCUT2D eigenvalue weighted by Gasteiger charge is -2.24. The highest BCUT2D eigenvalue weighted by Crippen LogP contribution is 2.34. The molecule has 6 nitrogen and oxygen atoms in total. The molecule has 0 radical (unpaired) electrons. The Bertz CT molecular complexity index is 572. The van der Waals surface area contributed by atoms with Crippen molar-refractivity contribution in [3.63, 3.8) is 0 Å². The predicted molar refractivity (Wildman–Crippen MR) is 75.9 cm³/mol. The van der Waals surface area contributed by atoms with Crippen LogP contribution in [0.25, 0.3) is 11.2 Å². The first-order valence-electron chi connectivity index (χ1n) is 6.88. The van der Waals surface area contributed by atoms with E-state index in [1.54, 1.807) is 6.33 Å². The standard InChI is InChI=1S/C13H20N6/c1-8(2)5-6-19(9-3-4-9)12-10-11(16-7-15-10)17-13(14)18-12/h7-9H,3-6H2,1-2H3,(H3,14,15,16,17,18). The number of nitrogens with two attached hydrogens (primary N) is 1. The van der Waals surface area contributed by atoms with Crippen LogP contribution in [0.3, 0.4) is 0 Å². The minimum absolute atomic E-state index is 0.296. The summed E-state index contributed by atoms with van der Waals surface area (Å²) >= 11 is 0. The van der Waals surface area contributed by atoms with Crippen LogP contribution in [-0.2, 0) is 0 Å². The molecule has 3 N–H and O–H groups in total. The molecule has 1 fully saturated rings. The van der Waals surface area contributed by atoms with Crippen LogP contribution in [0, 0.1) is 5.92 Å². The fourth-order valence-corrected chi connectivity index (χ4v) is 2.29. The second kappa shape index (κ2) is 4.68. The van der Waals surface area contributed by atoms with Crippen molar-refractivity contribution in [2.75, 3.05) is 17.2 Å². The first-order valence-corrected chi connectivity index (χ1v) is 6.88. The summed E-state index contributed by atoms with van der Waals surface area (Å²) in [6, 6.07) is 0.597. The third-order valence-corrected chi connectivity index (χ3v) is 3.49. The van der Waals surface area contributed by atoms with Gasteiger partial charge in [0.15, 0.2) is 11.5 Å². The van der Waals surface area contributed by atoms with Gasteiger partial charge >= 0.3 is 0 Å². The number of imidazole rings is 1. The van der Waals surface area contributed by atoms with Crippen LogP contribution in [-0.4, -0.2) is 32.5 Å². The maximum Gasteiger partial charge on any atom is 0.224 e. The van der Waals surface area contributed by atoms with Gasteiger partial charge in [0.1, 0.15) is 5.52 Å². The Morgan fingerprint density at radius 2 is 2.21 bits per heavy atom. The molecule has 0 aliphatic heterocycles. The predicted octanol–water partition coefficient (Wildman–Crippen LogP) is 1.95. The van der Waals surface area contributed by atoms with Crippen molar-refractivity contribution >= 4 is 22.9 Å². The van der Waals surface area contributed by atoms with E-state index in [0.29, 0.717) is 23.6 Å². The van der Waals surface area contributed by atoms with E-state index in [9.17, 15) is 0 Å². The summed E-state index contributed by atoms with van der Waals surface area (Å²) in [5.41, 5.74) is 7.34. The molecule has 102 valence electrons. The van der Waals surface area contributed by atoms with Crippen LogP contribution < -0.4 is 10.6 Å². The smallest absolute Gasteiger partial charge is 0.224 e. The second-order valence-corrected chi connectivity index (χ2v) is 5.61. The van der Waals surface area contributed by atoms with Gasteiger partial charge in [0.25, 0.3) is 0 Å². The fourth-order valence-electron chi connectivity index (χ4n) is 2.29. The molecule has 0 aromatic carbocycles. The number of anilines is 2. The summed E-state index contributed by atoms with van der Waals surface area (Å²) < 4.78 is 0. The average Bonchev–Trinajstić information content (AvgIpc) is 3.07. The highest BCUT2D eigenvalue weighted by molar-refractivity contribution is 5.84. The van der Waals surface area contributed by atoms with E-state index in [4.69, 9.17) is 5.73 Å². The molecule has 2 aromatic rings. The Hall–Kier alpha value is -1.85. The number of hydrogen-bond donors (Lipinski definition) is 2. The molecule has 0 unspecified atom stereocenters. The molecular formula is C13H20N6. The van der Waals surface area contributed by atoms with Crippen LogP contribution >= 0.6 is 0 Å². The Balaban J connectivity index is 1.96. The Morgan fingerprint density at radius 3 is 2.89 bits per heavy atom. The van der Waals surface area contributed by atoms with Gasteiger partial charge in [0.05, 0.1) is 6.33 Å². The molecule has 2 heterocycles. The second-order valence-electron chi connectivity index (χ2n) is 5.61. The van der Waals surface area contributed by atoms with Crippen molar-refractivity contribution in [3.8, 4) is 0 Å². The van der Waals surface area contributed by atoms with Crippen molar-refractivity contribution < 1.29 is 0 Å². The number of aromatic amines is 1. The van der Waals surface area contributed by atoms with Gasteiger partial charge in [-0.3, -0.25) is 0 Å². The molecule has 2 aromatic heterocycles. The largest absolute Gasteiger partial charge is 0.368 e. The molecule has 0 amide bonds. The van der Waals surface area contributed by atoms with Crippen molar-refractivity contribution in [1.29, 1.82) is 0 Å². The van der Waals surface area contributed by atoms with Crippen molar-refractivity contribution in [3.05, 3.63) is 6.33 Å². The minimum Gasteiger partial charge on any atom is -0.368 e. The Labute approximate surface area is 112 Å². The number of hydrogen-bond acceptors (Lipinski definition) is 5. The zero-order valence-electron chi connectivity index (χ0n) is 11.4. The number of rotatable bonds is 5. The van der Waals surface area contributed by atoms with E-state index in [1.165, 1.54) is 12.8 Å². The average molecular weight is 260 g/mol. The molecule has 0 bridgehead atoms. The van der Waals surface area contributed by atoms with Crippen molar-refractivity contribution in [1.82, 2.24) is 19.9 Å². The molecule has 19 heavy (non-hydrogen) atoms. The zero-order valence-corrected chi connectivity index (χ0v) is 11.4. The highest BCUT2D eigenvalue weighted by atomic mass is 15.3. The molecule has 1 aliphatic carbocycles. The number of fused-ring (bicyclic) bond motifs is 1. The number of aromatic nitrogens is 4. The Kier molecular flexibility index (Phi) is 3.00. The van der Waals surface area contributed by atoms with E-state index >= 15 is 0 Å². The van der Waals surface area contributed by atoms with Crippen LogP contribution in [0.4, 0.5) is 11.8 Å². The molecule has 0 atom stereocenters. The normalized spacial score (nSPS) is 15.3. The fraction of sp³-hybridized carbons (Fsp3) is 0.615. The van der Waals surface area contributed by atoms with Gasteiger partial charge < -0.3 is 15.6 Å². The van der Waals surface area contributed by atoms with Gasteiger partial charge in [-0.15, -0.1) is 0 Å². The lowest BCUT2D eigenvalue weighted by Crippen LogP contribution is -2.29. The molecule has 0 spiro atoms. The summed E-state index contributed by atoms with van der Waals surface area (Å²) in [6.45, 7) is 5.49. The third kappa shape index (κ3) is 2.47. The van der Waals surface area contributed by atoms with Crippen molar-refractivity contribution in [2.24, 2.45) is 5.92 Å². The van der Waals surface area contributed by atoms with E-state index in [0.717, 1.165) is 24.3 Å². The van der Waals surface area contributed by atoms with Gasteiger partial charge in [0, 0.05) is 12.6 Å².